The predicted octanol–water partition coefficient (Wildman–Crippen LogP) is 7.80. The largest absolute Gasteiger partial charge is 0.393 e. The van der Waals surface area contributed by atoms with Crippen LogP contribution in [0.1, 0.15) is 99.8 Å². The third-order valence-corrected chi connectivity index (χ3v) is 10.9. The van der Waals surface area contributed by atoms with Crippen molar-refractivity contribution in [1.82, 2.24) is 0 Å². The summed E-state index contributed by atoms with van der Waals surface area (Å²) >= 11 is 0. The van der Waals surface area contributed by atoms with Crippen molar-refractivity contribution in [1.29, 1.82) is 0 Å². The number of aliphatic hydroxyl groups is 1. The second-order valence-electron chi connectivity index (χ2n) is 13.3. The molecule has 0 aromatic rings. The normalized spacial score (nSPS) is 46.0. The molecule has 9 atom stereocenters. The van der Waals surface area contributed by atoms with Gasteiger partial charge in [0.05, 0.1) is 6.10 Å². The SMILES string of the molecule is CC(C=C[C@@H](C)[C@H]1CC[C@H]2[C@@H]3CC=C4C[C@@H](O)CC[C@]4(C)[C@H]3CC[C@]12C)C(C)(C)C. The van der Waals surface area contributed by atoms with Crippen LogP contribution in [0.5, 0.6) is 0 Å². The summed E-state index contributed by atoms with van der Waals surface area (Å²) in [5, 5.41) is 10.2. The van der Waals surface area contributed by atoms with Crippen LogP contribution in [0.15, 0.2) is 23.8 Å². The number of hydrogen-bond acceptors (Lipinski definition) is 1. The molecule has 0 bridgehead atoms. The molecule has 0 saturated heterocycles. The van der Waals surface area contributed by atoms with E-state index in [9.17, 15) is 5.11 Å². The van der Waals surface area contributed by atoms with E-state index >= 15 is 0 Å². The van der Waals surface area contributed by atoms with Gasteiger partial charge < -0.3 is 5.11 Å². The summed E-state index contributed by atoms with van der Waals surface area (Å²) in [6.07, 6.45) is 17.7. The zero-order valence-electron chi connectivity index (χ0n) is 20.9. The number of allylic oxidation sites excluding steroid dienone is 3. The average molecular weight is 413 g/mol. The van der Waals surface area contributed by atoms with Gasteiger partial charge in [0.15, 0.2) is 0 Å². The van der Waals surface area contributed by atoms with Crippen LogP contribution in [0.25, 0.3) is 0 Å². The second kappa shape index (κ2) is 7.79. The Labute approximate surface area is 186 Å². The van der Waals surface area contributed by atoms with Gasteiger partial charge in [0.25, 0.3) is 0 Å². The highest BCUT2D eigenvalue weighted by Crippen LogP contribution is 2.67. The quantitative estimate of drug-likeness (QED) is 0.469. The highest BCUT2D eigenvalue weighted by molar-refractivity contribution is 5.25. The third kappa shape index (κ3) is 3.66. The molecule has 0 spiro atoms. The van der Waals surface area contributed by atoms with Gasteiger partial charge in [-0.15, -0.1) is 0 Å². The van der Waals surface area contributed by atoms with Crippen LogP contribution in [-0.2, 0) is 0 Å². The fourth-order valence-electron chi connectivity index (χ4n) is 8.31. The monoisotopic (exact) mass is 412 g/mol. The van der Waals surface area contributed by atoms with Crippen LogP contribution in [0.2, 0.25) is 0 Å². The molecule has 1 heteroatoms. The molecule has 4 rings (SSSR count). The second-order valence-corrected chi connectivity index (χ2v) is 13.3. The maximum absolute atomic E-state index is 10.2. The number of rotatable bonds is 3. The molecule has 170 valence electrons. The van der Waals surface area contributed by atoms with E-state index in [1.54, 1.807) is 5.57 Å². The highest BCUT2D eigenvalue weighted by atomic mass is 16.3. The summed E-state index contributed by atoms with van der Waals surface area (Å²) in [7, 11) is 0. The van der Waals surface area contributed by atoms with Gasteiger partial charge in [-0.1, -0.05) is 72.3 Å². The van der Waals surface area contributed by atoms with Crippen molar-refractivity contribution in [3.05, 3.63) is 23.8 Å². The Morgan fingerprint density at radius 2 is 1.73 bits per heavy atom. The lowest BCUT2D eigenvalue weighted by Crippen LogP contribution is -2.50. The van der Waals surface area contributed by atoms with Crippen molar-refractivity contribution in [3.8, 4) is 0 Å². The molecule has 1 unspecified atom stereocenters. The van der Waals surface area contributed by atoms with Gasteiger partial charge in [-0.05, 0) is 103 Å². The van der Waals surface area contributed by atoms with Gasteiger partial charge in [-0.3, -0.25) is 0 Å². The van der Waals surface area contributed by atoms with Crippen molar-refractivity contribution in [2.24, 2.45) is 51.8 Å². The van der Waals surface area contributed by atoms with Gasteiger partial charge in [-0.2, -0.15) is 0 Å². The molecule has 0 amide bonds. The molecule has 4 aliphatic carbocycles. The Hall–Kier alpha value is -0.560. The van der Waals surface area contributed by atoms with Crippen molar-refractivity contribution in [2.45, 2.75) is 106 Å². The van der Waals surface area contributed by atoms with E-state index in [1.165, 1.54) is 38.5 Å². The van der Waals surface area contributed by atoms with Gasteiger partial charge in [0.2, 0.25) is 0 Å². The lowest BCUT2D eigenvalue weighted by Gasteiger charge is -2.58. The number of hydrogen-bond donors (Lipinski definition) is 1. The standard InChI is InChI=1S/C29H48O/c1-19(8-9-20(2)27(3,4)5)24-12-13-25-23-11-10-21-18-22(30)14-16-28(21,6)26(23)15-17-29(24,25)7/h8-10,19-20,22-26,30H,11-18H2,1-7H3/t19-,20?,22+,23+,24-,25+,26+,28+,29-/m1/s1. The van der Waals surface area contributed by atoms with Crippen LogP contribution >= 0.6 is 0 Å². The van der Waals surface area contributed by atoms with Gasteiger partial charge >= 0.3 is 0 Å². The maximum Gasteiger partial charge on any atom is 0.0577 e. The molecule has 4 aliphatic rings. The lowest BCUT2D eigenvalue weighted by molar-refractivity contribution is -0.0540. The molecule has 0 aromatic heterocycles. The summed E-state index contributed by atoms with van der Waals surface area (Å²) in [6.45, 7) is 17.2. The molecule has 3 saturated carbocycles. The molecule has 0 aromatic carbocycles. The first-order valence-electron chi connectivity index (χ1n) is 13.0. The van der Waals surface area contributed by atoms with E-state index in [4.69, 9.17) is 0 Å². The Morgan fingerprint density at radius 3 is 2.43 bits per heavy atom. The molecule has 0 radical (unpaired) electrons. The fraction of sp³-hybridized carbons (Fsp3) is 0.862. The van der Waals surface area contributed by atoms with Crippen LogP contribution in [0, 0.1) is 51.8 Å². The summed E-state index contributed by atoms with van der Waals surface area (Å²) in [4.78, 5) is 0. The maximum atomic E-state index is 10.2. The Balaban J connectivity index is 1.52. The average Bonchev–Trinajstić information content (AvgIpc) is 3.03. The summed E-state index contributed by atoms with van der Waals surface area (Å²) < 4.78 is 0. The van der Waals surface area contributed by atoms with Crippen LogP contribution in [-0.4, -0.2) is 11.2 Å². The first kappa shape index (κ1) is 22.6. The van der Waals surface area contributed by atoms with Crippen molar-refractivity contribution in [3.63, 3.8) is 0 Å². The van der Waals surface area contributed by atoms with Crippen molar-refractivity contribution in [2.75, 3.05) is 0 Å². The Bertz CT molecular complexity index is 696. The first-order chi connectivity index (χ1) is 14.0. The van der Waals surface area contributed by atoms with E-state index < -0.39 is 0 Å². The molecular weight excluding hydrogens is 364 g/mol. The van der Waals surface area contributed by atoms with E-state index in [0.29, 0.717) is 28.1 Å². The van der Waals surface area contributed by atoms with Crippen molar-refractivity contribution >= 4 is 0 Å². The Morgan fingerprint density at radius 1 is 1.00 bits per heavy atom. The zero-order valence-corrected chi connectivity index (χ0v) is 20.9. The van der Waals surface area contributed by atoms with Crippen LogP contribution in [0.4, 0.5) is 0 Å². The minimum absolute atomic E-state index is 0.0891. The molecule has 1 N–H and O–H groups in total. The summed E-state index contributed by atoms with van der Waals surface area (Å²) in [5.41, 5.74) is 2.85. The predicted molar refractivity (Wildman–Crippen MR) is 128 cm³/mol. The lowest BCUT2D eigenvalue weighted by atomic mass is 9.47. The first-order valence-corrected chi connectivity index (χ1v) is 13.0. The zero-order chi connectivity index (χ0) is 21.9. The minimum atomic E-state index is -0.0891. The molecule has 30 heavy (non-hydrogen) atoms. The van der Waals surface area contributed by atoms with E-state index in [0.717, 1.165) is 36.5 Å². The van der Waals surface area contributed by atoms with Crippen molar-refractivity contribution < 1.29 is 5.11 Å². The highest BCUT2D eigenvalue weighted by Gasteiger charge is 2.58. The molecule has 3 fully saturated rings. The van der Waals surface area contributed by atoms with E-state index in [1.807, 2.05) is 0 Å². The van der Waals surface area contributed by atoms with E-state index in [-0.39, 0.29) is 6.10 Å². The summed E-state index contributed by atoms with van der Waals surface area (Å²) in [6, 6.07) is 0. The van der Waals surface area contributed by atoms with Gasteiger partial charge in [0, 0.05) is 0 Å². The third-order valence-electron chi connectivity index (χ3n) is 10.9. The number of fused-ring (bicyclic) bond motifs is 5. The Kier molecular flexibility index (Phi) is 5.87. The van der Waals surface area contributed by atoms with E-state index in [2.05, 4.69) is 66.7 Å². The molecule has 0 heterocycles. The van der Waals surface area contributed by atoms with Crippen LogP contribution in [0.3, 0.4) is 0 Å². The fourth-order valence-corrected chi connectivity index (χ4v) is 8.31. The summed E-state index contributed by atoms with van der Waals surface area (Å²) in [5.74, 6) is 4.80. The minimum Gasteiger partial charge on any atom is -0.393 e. The smallest absolute Gasteiger partial charge is 0.0577 e. The molecule has 1 nitrogen and oxygen atoms in total. The molecular formula is C29H48O. The number of aliphatic hydroxyl groups excluding tert-OH is 1. The van der Waals surface area contributed by atoms with Crippen LogP contribution < -0.4 is 0 Å². The topological polar surface area (TPSA) is 20.2 Å². The molecule has 0 aliphatic heterocycles. The van der Waals surface area contributed by atoms with Gasteiger partial charge in [-0.25, -0.2) is 0 Å². The van der Waals surface area contributed by atoms with Gasteiger partial charge in [0.1, 0.15) is 0 Å².